The molecule has 2 heterocycles. The van der Waals surface area contributed by atoms with E-state index in [-0.39, 0.29) is 15.6 Å². The Balaban J connectivity index is 1.63. The molecule has 0 atom stereocenters. The van der Waals surface area contributed by atoms with Crippen LogP contribution in [0.25, 0.3) is 0 Å². The first kappa shape index (κ1) is 20.3. The van der Waals surface area contributed by atoms with Crippen molar-refractivity contribution in [2.24, 2.45) is 7.05 Å². The van der Waals surface area contributed by atoms with Crippen LogP contribution in [0.4, 0.5) is 5.69 Å². The number of rotatable bonds is 3. The smallest absolute Gasteiger partial charge is 0.313 e. The highest BCUT2D eigenvalue weighted by Gasteiger charge is 2.28. The first-order valence-electron chi connectivity index (χ1n) is 8.73. The number of nitrogens with one attached hydrogen (secondary N) is 1. The fourth-order valence-electron chi connectivity index (χ4n) is 3.22. The predicted molar refractivity (Wildman–Crippen MR) is 105 cm³/mol. The van der Waals surface area contributed by atoms with Gasteiger partial charge in [-0.3, -0.25) is 14.3 Å². The Morgan fingerprint density at radius 2 is 1.93 bits per heavy atom. The van der Waals surface area contributed by atoms with Gasteiger partial charge < -0.3 is 10.2 Å². The van der Waals surface area contributed by atoms with Crippen LogP contribution < -0.4 is 5.32 Å². The summed E-state index contributed by atoms with van der Waals surface area (Å²) in [5.74, 6) is -1.19. The first-order valence-corrected chi connectivity index (χ1v) is 11.0. The van der Waals surface area contributed by atoms with Gasteiger partial charge in [-0.2, -0.15) is 5.10 Å². The average Bonchev–Trinajstić information content (AvgIpc) is 3.08. The molecule has 1 aromatic heterocycles. The molecular weight excluding hydrogens is 404 g/mol. The van der Waals surface area contributed by atoms with E-state index in [9.17, 15) is 18.0 Å². The van der Waals surface area contributed by atoms with Gasteiger partial charge in [-0.15, -0.1) is 0 Å². The summed E-state index contributed by atoms with van der Waals surface area (Å²) in [6, 6.07) is 3.97. The minimum Gasteiger partial charge on any atom is -0.334 e. The fourth-order valence-corrected chi connectivity index (χ4v) is 4.03. The topological polar surface area (TPSA) is 101 Å². The lowest BCUT2D eigenvalue weighted by Crippen LogP contribution is -2.43. The molecule has 1 aliphatic rings. The van der Waals surface area contributed by atoms with Crippen LogP contribution in [0, 0.1) is 0 Å². The van der Waals surface area contributed by atoms with Crippen molar-refractivity contribution in [2.45, 2.75) is 23.7 Å². The highest BCUT2D eigenvalue weighted by atomic mass is 35.5. The minimum absolute atomic E-state index is 0.0110. The Labute approximate surface area is 168 Å². The van der Waals surface area contributed by atoms with Crippen LogP contribution in [0.5, 0.6) is 0 Å². The maximum Gasteiger partial charge on any atom is 0.313 e. The molecule has 10 heteroatoms. The van der Waals surface area contributed by atoms with Crippen molar-refractivity contribution in [1.82, 2.24) is 14.7 Å². The number of aryl methyl sites for hydroxylation is 1. The van der Waals surface area contributed by atoms with E-state index in [1.165, 1.54) is 23.1 Å². The first-order chi connectivity index (χ1) is 13.1. The van der Waals surface area contributed by atoms with Gasteiger partial charge in [0.15, 0.2) is 9.84 Å². The summed E-state index contributed by atoms with van der Waals surface area (Å²) in [7, 11) is -1.60. The van der Waals surface area contributed by atoms with E-state index in [0.717, 1.165) is 24.7 Å². The van der Waals surface area contributed by atoms with Gasteiger partial charge in [0, 0.05) is 32.6 Å². The van der Waals surface area contributed by atoms with Crippen LogP contribution in [-0.4, -0.2) is 54.3 Å². The van der Waals surface area contributed by atoms with Crippen molar-refractivity contribution >= 4 is 38.9 Å². The standard InChI is InChI=1S/C18H21ClN4O4S/c1-22-11-13(10-20-22)12-5-7-23(8-6-12)18(25)17(24)21-16-9-14(28(2,26)27)3-4-15(16)19/h3-4,9-12H,5-8H2,1-2H3,(H,21,24). The second kappa shape index (κ2) is 7.92. The summed E-state index contributed by atoms with van der Waals surface area (Å²) >= 11 is 6.03. The zero-order valence-electron chi connectivity index (χ0n) is 15.6. The molecule has 28 heavy (non-hydrogen) atoms. The number of carbonyl (C=O) groups excluding carboxylic acids is 2. The number of halogens is 1. The lowest BCUT2D eigenvalue weighted by molar-refractivity contribution is -0.143. The lowest BCUT2D eigenvalue weighted by atomic mass is 9.91. The van der Waals surface area contributed by atoms with Gasteiger partial charge in [0.2, 0.25) is 0 Å². The Bertz CT molecular complexity index is 1010. The number of aromatic nitrogens is 2. The molecule has 0 aliphatic carbocycles. The quantitative estimate of drug-likeness (QED) is 0.757. The van der Waals surface area contributed by atoms with Crippen molar-refractivity contribution < 1.29 is 18.0 Å². The van der Waals surface area contributed by atoms with Crippen LogP contribution in [0.3, 0.4) is 0 Å². The highest BCUT2D eigenvalue weighted by molar-refractivity contribution is 7.90. The van der Waals surface area contributed by atoms with Crippen LogP contribution >= 0.6 is 11.6 Å². The summed E-state index contributed by atoms with van der Waals surface area (Å²) in [5.41, 5.74) is 1.22. The third-order valence-electron chi connectivity index (χ3n) is 4.79. The molecule has 2 aromatic rings. The van der Waals surface area contributed by atoms with Crippen molar-refractivity contribution in [3.63, 3.8) is 0 Å². The second-order valence-corrected chi connectivity index (χ2v) is 9.30. The monoisotopic (exact) mass is 424 g/mol. The maximum absolute atomic E-state index is 12.5. The molecule has 1 aromatic carbocycles. The Morgan fingerprint density at radius 1 is 1.25 bits per heavy atom. The SMILES string of the molecule is Cn1cc(C2CCN(C(=O)C(=O)Nc3cc(S(C)(=O)=O)ccc3Cl)CC2)cn1. The molecule has 0 unspecified atom stereocenters. The Morgan fingerprint density at radius 3 is 2.50 bits per heavy atom. The summed E-state index contributed by atoms with van der Waals surface area (Å²) in [4.78, 5) is 26.3. The number of benzene rings is 1. The summed E-state index contributed by atoms with van der Waals surface area (Å²) in [6.45, 7) is 0.922. The van der Waals surface area contributed by atoms with Gasteiger partial charge in [0.05, 0.1) is 21.8 Å². The molecule has 0 radical (unpaired) electrons. The molecular formula is C18H21ClN4O4S. The van der Waals surface area contributed by atoms with Crippen LogP contribution in [0.1, 0.15) is 24.3 Å². The lowest BCUT2D eigenvalue weighted by Gasteiger charge is -2.31. The molecule has 8 nitrogen and oxygen atoms in total. The van der Waals surface area contributed by atoms with Crippen LogP contribution in [0.15, 0.2) is 35.5 Å². The molecule has 0 spiro atoms. The zero-order chi connectivity index (χ0) is 20.5. The number of hydrogen-bond acceptors (Lipinski definition) is 5. The van der Waals surface area contributed by atoms with Crippen molar-refractivity contribution in [3.05, 3.63) is 41.2 Å². The van der Waals surface area contributed by atoms with Crippen molar-refractivity contribution in [3.8, 4) is 0 Å². The molecule has 0 saturated carbocycles. The van der Waals surface area contributed by atoms with Gasteiger partial charge in [0.25, 0.3) is 0 Å². The largest absolute Gasteiger partial charge is 0.334 e. The van der Waals surface area contributed by atoms with E-state index < -0.39 is 21.7 Å². The van der Waals surface area contributed by atoms with E-state index in [1.807, 2.05) is 19.4 Å². The predicted octanol–water partition coefficient (Wildman–Crippen LogP) is 1.82. The zero-order valence-corrected chi connectivity index (χ0v) is 17.1. The van der Waals surface area contributed by atoms with Crippen LogP contribution in [0.2, 0.25) is 5.02 Å². The number of carbonyl (C=O) groups is 2. The fraction of sp³-hybridized carbons (Fsp3) is 0.389. The Kier molecular flexibility index (Phi) is 5.76. The van der Waals surface area contributed by atoms with Crippen molar-refractivity contribution in [2.75, 3.05) is 24.7 Å². The third kappa shape index (κ3) is 4.53. The van der Waals surface area contributed by atoms with E-state index in [2.05, 4.69) is 10.4 Å². The summed E-state index contributed by atoms with van der Waals surface area (Å²) in [6.07, 6.45) is 6.33. The summed E-state index contributed by atoms with van der Waals surface area (Å²) < 4.78 is 25.1. The average molecular weight is 425 g/mol. The van der Waals surface area contributed by atoms with Gasteiger partial charge in [-0.25, -0.2) is 8.42 Å². The van der Waals surface area contributed by atoms with Crippen molar-refractivity contribution in [1.29, 1.82) is 0 Å². The number of anilines is 1. The highest BCUT2D eigenvalue weighted by Crippen LogP contribution is 2.28. The second-order valence-electron chi connectivity index (χ2n) is 6.88. The molecule has 2 amide bonds. The van der Waals surface area contributed by atoms with E-state index in [4.69, 9.17) is 11.6 Å². The van der Waals surface area contributed by atoms with Gasteiger partial charge >= 0.3 is 11.8 Å². The molecule has 1 aliphatic heterocycles. The molecule has 1 saturated heterocycles. The summed E-state index contributed by atoms with van der Waals surface area (Å²) in [5, 5.41) is 6.75. The number of amides is 2. The van der Waals surface area contributed by atoms with Gasteiger partial charge in [-0.05, 0) is 42.5 Å². The van der Waals surface area contributed by atoms with Crippen LogP contribution in [-0.2, 0) is 26.5 Å². The van der Waals surface area contributed by atoms with Gasteiger partial charge in [-0.1, -0.05) is 11.6 Å². The maximum atomic E-state index is 12.5. The molecule has 3 rings (SSSR count). The third-order valence-corrected chi connectivity index (χ3v) is 6.23. The number of sulfone groups is 1. The number of nitrogens with zero attached hydrogens (tertiary/aromatic N) is 3. The molecule has 0 bridgehead atoms. The Hall–Kier alpha value is -2.39. The number of piperidine rings is 1. The van der Waals surface area contributed by atoms with E-state index in [1.54, 1.807) is 4.68 Å². The molecule has 1 N–H and O–H groups in total. The van der Waals surface area contributed by atoms with E-state index in [0.29, 0.717) is 19.0 Å². The molecule has 1 fully saturated rings. The minimum atomic E-state index is -3.46. The molecule has 150 valence electrons. The van der Waals surface area contributed by atoms with E-state index >= 15 is 0 Å². The normalized spacial score (nSPS) is 15.5. The number of likely N-dealkylation sites (tertiary alicyclic amines) is 1. The number of hydrogen-bond donors (Lipinski definition) is 1. The van der Waals surface area contributed by atoms with Gasteiger partial charge in [0.1, 0.15) is 0 Å².